The van der Waals surface area contributed by atoms with Crippen LogP contribution in [0.1, 0.15) is 0 Å². The normalized spacial score (nSPS) is 10.2. The van der Waals surface area contributed by atoms with E-state index in [0.717, 1.165) is 0 Å². The molecule has 2 aromatic rings. The van der Waals surface area contributed by atoms with Crippen molar-refractivity contribution in [2.75, 3.05) is 0 Å². The first-order valence-corrected chi connectivity index (χ1v) is 4.82. The number of hydrogen-bond donors (Lipinski definition) is 0. The fourth-order valence-corrected chi connectivity index (χ4v) is 1.79. The fourth-order valence-electron chi connectivity index (χ4n) is 1.21. The second-order valence-electron chi connectivity index (χ2n) is 2.61. The van der Waals surface area contributed by atoms with Gasteiger partial charge in [-0.3, -0.25) is 0 Å². The zero-order chi connectivity index (χ0) is 7.68. The molecule has 2 radical (unpaired) electrons. The molecule has 2 rings (SSSR count). The van der Waals surface area contributed by atoms with E-state index in [-0.39, 0.29) is 0 Å². The zero-order valence-corrected chi connectivity index (χ0v) is 8.54. The van der Waals surface area contributed by atoms with Gasteiger partial charge in [0.2, 0.25) is 0 Å². The monoisotopic (exact) mass is 196 g/mol. The van der Waals surface area contributed by atoms with E-state index in [0.29, 0.717) is 0 Å². The number of hydrogen-bond acceptors (Lipinski definition) is 0. The summed E-state index contributed by atoms with van der Waals surface area (Å²) in [6.07, 6.45) is 0. The molecule has 0 saturated carbocycles. The Balaban J connectivity index is 2.83. The summed E-state index contributed by atoms with van der Waals surface area (Å²) in [7, 11) is 0. The molecular weight excluding hydrogens is 190 g/mol. The molecule has 0 nitrogen and oxygen atoms in total. The molecule has 0 spiro atoms. The molecule has 0 atom stereocenters. The van der Waals surface area contributed by atoms with E-state index in [1.165, 1.54) is 14.9 Å². The third kappa shape index (κ3) is 1.34. The van der Waals surface area contributed by atoms with E-state index in [2.05, 4.69) is 42.5 Å². The zero-order valence-electron chi connectivity index (χ0n) is 6.12. The first-order valence-electron chi connectivity index (χ1n) is 3.60. The van der Waals surface area contributed by atoms with Crippen LogP contribution in [-0.4, -0.2) is 18.6 Å². The number of benzene rings is 2. The van der Waals surface area contributed by atoms with Crippen LogP contribution in [0.3, 0.4) is 0 Å². The van der Waals surface area contributed by atoms with Gasteiger partial charge in [0, 0.05) is 0 Å². The third-order valence-corrected chi connectivity index (χ3v) is 2.53. The van der Waals surface area contributed by atoms with Gasteiger partial charge in [-0.2, -0.15) is 0 Å². The molecule has 11 heavy (non-hydrogen) atoms. The molecule has 50 valence electrons. The van der Waals surface area contributed by atoms with Gasteiger partial charge < -0.3 is 0 Å². The molecule has 0 aliphatic carbocycles. The summed E-state index contributed by atoms with van der Waals surface area (Å²) >= 11 is 1.68. The fraction of sp³-hybridized carbons (Fsp3) is 0. The molecule has 0 unspecified atom stereocenters. The second kappa shape index (κ2) is 2.76. The van der Waals surface area contributed by atoms with Crippen molar-refractivity contribution in [1.82, 2.24) is 0 Å². The molecular formula is C10H7Ga. The summed E-state index contributed by atoms with van der Waals surface area (Å²) in [4.78, 5) is 0. The Bertz CT molecular complexity index is 379. The minimum atomic E-state index is 1.33. The summed E-state index contributed by atoms with van der Waals surface area (Å²) in [5, 5.41) is 2.67. The van der Waals surface area contributed by atoms with E-state index >= 15 is 0 Å². The molecule has 0 aliphatic heterocycles. The van der Waals surface area contributed by atoms with E-state index in [1.54, 1.807) is 18.6 Å². The van der Waals surface area contributed by atoms with Gasteiger partial charge in [-0.15, -0.1) is 0 Å². The van der Waals surface area contributed by atoms with Gasteiger partial charge in [-0.1, -0.05) is 0 Å². The molecule has 0 heterocycles. The molecule has 0 N–H and O–H groups in total. The molecule has 1 heteroatoms. The average molecular weight is 197 g/mol. The third-order valence-electron chi connectivity index (χ3n) is 1.77. The number of fused-ring (bicyclic) bond motifs is 1. The summed E-state index contributed by atoms with van der Waals surface area (Å²) in [6, 6.07) is 15.0. The van der Waals surface area contributed by atoms with Crippen molar-refractivity contribution in [3.8, 4) is 0 Å². The maximum atomic E-state index is 2.23. The predicted molar refractivity (Wildman–Crippen MR) is 49.3 cm³/mol. The van der Waals surface area contributed by atoms with Crippen molar-refractivity contribution < 1.29 is 0 Å². The van der Waals surface area contributed by atoms with Gasteiger partial charge in [-0.05, 0) is 0 Å². The van der Waals surface area contributed by atoms with Crippen molar-refractivity contribution in [1.29, 1.82) is 0 Å². The maximum absolute atomic E-state index is 2.23. The van der Waals surface area contributed by atoms with Crippen molar-refractivity contribution in [2.24, 2.45) is 0 Å². The first-order chi connectivity index (χ1) is 5.36. The van der Waals surface area contributed by atoms with Crippen molar-refractivity contribution in [3.05, 3.63) is 42.5 Å². The first kappa shape index (κ1) is 7.01. The van der Waals surface area contributed by atoms with Gasteiger partial charge >= 0.3 is 76.0 Å². The van der Waals surface area contributed by atoms with Gasteiger partial charge in [0.05, 0.1) is 0 Å². The van der Waals surface area contributed by atoms with E-state index in [4.69, 9.17) is 0 Å². The summed E-state index contributed by atoms with van der Waals surface area (Å²) in [6.45, 7) is 0. The van der Waals surface area contributed by atoms with Crippen LogP contribution < -0.4 is 4.12 Å². The van der Waals surface area contributed by atoms with E-state index in [9.17, 15) is 0 Å². The van der Waals surface area contributed by atoms with Gasteiger partial charge in [0.1, 0.15) is 0 Å². The Labute approximate surface area is 76.2 Å². The Morgan fingerprint density at radius 1 is 0.818 bits per heavy atom. The number of rotatable bonds is 0. The Hall–Kier alpha value is -0.664. The standard InChI is InChI=1S/C10H7.Ga/c1-2-6-10-8-4-3-7-9(10)5-1;/h1-3,5-8H;. The summed E-state index contributed by atoms with van der Waals surface area (Å²) in [5.41, 5.74) is 0. The average Bonchev–Trinajstić information content (AvgIpc) is 2.04. The molecule has 0 bridgehead atoms. The van der Waals surface area contributed by atoms with Crippen LogP contribution in [0.4, 0.5) is 0 Å². The van der Waals surface area contributed by atoms with E-state index in [1.807, 2.05) is 0 Å². The second-order valence-corrected chi connectivity index (χ2v) is 4.01. The molecule has 0 amide bonds. The quantitative estimate of drug-likeness (QED) is 0.563. The minimum absolute atomic E-state index is 1.33. The van der Waals surface area contributed by atoms with Crippen molar-refractivity contribution in [3.63, 3.8) is 0 Å². The van der Waals surface area contributed by atoms with Crippen LogP contribution in [-0.2, 0) is 0 Å². The van der Waals surface area contributed by atoms with Crippen LogP contribution in [0.2, 0.25) is 0 Å². The molecule has 2 aromatic carbocycles. The summed E-state index contributed by atoms with van der Waals surface area (Å²) < 4.78 is 1.39. The van der Waals surface area contributed by atoms with Gasteiger partial charge in [0.15, 0.2) is 0 Å². The Kier molecular flexibility index (Phi) is 1.76. The van der Waals surface area contributed by atoms with Crippen LogP contribution in [0, 0.1) is 0 Å². The Morgan fingerprint density at radius 2 is 1.55 bits per heavy atom. The SMILES string of the molecule is [Ga][c]1ccc2ccccc2c1. The van der Waals surface area contributed by atoms with Crippen molar-refractivity contribution in [2.45, 2.75) is 0 Å². The van der Waals surface area contributed by atoms with Crippen LogP contribution in [0.15, 0.2) is 42.5 Å². The predicted octanol–water partition coefficient (Wildman–Crippen LogP) is 1.63. The molecule has 0 aromatic heterocycles. The molecule has 0 fully saturated rings. The topological polar surface area (TPSA) is 0 Å². The molecule has 0 aliphatic rings. The molecule has 0 saturated heterocycles. The van der Waals surface area contributed by atoms with E-state index < -0.39 is 0 Å². The van der Waals surface area contributed by atoms with Crippen LogP contribution in [0.25, 0.3) is 10.8 Å². The summed E-state index contributed by atoms with van der Waals surface area (Å²) in [5.74, 6) is 0. The van der Waals surface area contributed by atoms with Crippen LogP contribution in [0.5, 0.6) is 0 Å². The Morgan fingerprint density at radius 3 is 2.36 bits per heavy atom. The van der Waals surface area contributed by atoms with Crippen LogP contribution >= 0.6 is 0 Å². The van der Waals surface area contributed by atoms with Gasteiger partial charge in [0.25, 0.3) is 0 Å². The van der Waals surface area contributed by atoms with Gasteiger partial charge in [-0.25, -0.2) is 0 Å². The van der Waals surface area contributed by atoms with Crippen molar-refractivity contribution >= 4 is 33.5 Å².